The van der Waals surface area contributed by atoms with E-state index in [-0.39, 0.29) is 17.7 Å². The highest BCUT2D eigenvalue weighted by molar-refractivity contribution is 9.10. The van der Waals surface area contributed by atoms with Crippen molar-refractivity contribution in [2.75, 3.05) is 5.32 Å². The molecule has 0 aliphatic rings. The fourth-order valence-corrected chi connectivity index (χ4v) is 3.78. The van der Waals surface area contributed by atoms with Crippen LogP contribution in [0.2, 0.25) is 0 Å². The lowest BCUT2D eigenvalue weighted by molar-refractivity contribution is 0.0936. The SMILES string of the molecule is CCn1c(C(C)NC(=O)c2cccc(NC(=O)c3ccc(Br)o3)c2)nc2ccccc21. The molecule has 2 aromatic carbocycles. The summed E-state index contributed by atoms with van der Waals surface area (Å²) in [7, 11) is 0. The highest BCUT2D eigenvalue weighted by Gasteiger charge is 2.19. The minimum Gasteiger partial charge on any atom is -0.444 e. The number of nitrogens with one attached hydrogen (secondary N) is 2. The second kappa shape index (κ2) is 8.77. The summed E-state index contributed by atoms with van der Waals surface area (Å²) in [6.45, 7) is 4.71. The Kier molecular flexibility index (Phi) is 5.90. The van der Waals surface area contributed by atoms with Crippen molar-refractivity contribution >= 4 is 44.5 Å². The molecule has 7 nitrogen and oxygen atoms in total. The van der Waals surface area contributed by atoms with E-state index in [1.807, 2.05) is 31.2 Å². The van der Waals surface area contributed by atoms with E-state index in [1.54, 1.807) is 36.4 Å². The minimum atomic E-state index is -0.395. The number of fused-ring (bicyclic) bond motifs is 1. The van der Waals surface area contributed by atoms with Crippen molar-refractivity contribution in [3.63, 3.8) is 0 Å². The van der Waals surface area contributed by atoms with Gasteiger partial charge >= 0.3 is 0 Å². The summed E-state index contributed by atoms with van der Waals surface area (Å²) in [6.07, 6.45) is 0. The molecule has 1 atom stereocenters. The summed E-state index contributed by atoms with van der Waals surface area (Å²) >= 11 is 3.17. The summed E-state index contributed by atoms with van der Waals surface area (Å²) in [5.41, 5.74) is 2.87. The number of nitrogens with zero attached hydrogens (tertiary/aromatic N) is 2. The Hall–Kier alpha value is -3.39. The van der Waals surface area contributed by atoms with Crippen LogP contribution in [-0.4, -0.2) is 21.4 Å². The Morgan fingerprint density at radius 3 is 2.65 bits per heavy atom. The Bertz CT molecular complexity index is 1260. The van der Waals surface area contributed by atoms with Crippen molar-refractivity contribution in [2.45, 2.75) is 26.4 Å². The number of hydrogen-bond acceptors (Lipinski definition) is 4. The molecule has 2 aromatic heterocycles. The highest BCUT2D eigenvalue weighted by atomic mass is 79.9. The summed E-state index contributed by atoms with van der Waals surface area (Å²) in [6, 6.07) is 17.6. The molecule has 1 unspecified atom stereocenters. The molecule has 2 heterocycles. The molecule has 4 rings (SSSR count). The number of para-hydroxylation sites is 2. The zero-order valence-electron chi connectivity index (χ0n) is 17.1. The third-order valence-electron chi connectivity index (χ3n) is 4.91. The summed E-state index contributed by atoms with van der Waals surface area (Å²) < 4.78 is 7.83. The molecule has 2 N–H and O–H groups in total. The van der Waals surface area contributed by atoms with Crippen LogP contribution in [0.3, 0.4) is 0 Å². The monoisotopic (exact) mass is 480 g/mol. The third-order valence-corrected chi connectivity index (χ3v) is 5.34. The Labute approximate surface area is 187 Å². The molecule has 0 saturated carbocycles. The molecule has 0 spiro atoms. The first-order valence-corrected chi connectivity index (χ1v) is 10.7. The van der Waals surface area contributed by atoms with E-state index in [1.165, 1.54) is 0 Å². The van der Waals surface area contributed by atoms with E-state index in [0.29, 0.717) is 15.9 Å². The number of benzene rings is 2. The number of hydrogen-bond donors (Lipinski definition) is 2. The molecule has 31 heavy (non-hydrogen) atoms. The van der Waals surface area contributed by atoms with Gasteiger partial charge in [0.25, 0.3) is 11.8 Å². The number of aryl methyl sites for hydroxylation is 1. The van der Waals surface area contributed by atoms with Gasteiger partial charge in [-0.15, -0.1) is 0 Å². The number of imidazole rings is 1. The normalized spacial score (nSPS) is 12.0. The van der Waals surface area contributed by atoms with Crippen molar-refractivity contribution < 1.29 is 14.0 Å². The lowest BCUT2D eigenvalue weighted by atomic mass is 10.1. The fourth-order valence-electron chi connectivity index (χ4n) is 3.47. The van der Waals surface area contributed by atoms with Crippen LogP contribution in [-0.2, 0) is 6.54 Å². The van der Waals surface area contributed by atoms with Crippen LogP contribution in [0.4, 0.5) is 5.69 Å². The van der Waals surface area contributed by atoms with E-state index in [2.05, 4.69) is 38.1 Å². The summed E-state index contributed by atoms with van der Waals surface area (Å²) in [5, 5.41) is 5.74. The largest absolute Gasteiger partial charge is 0.444 e. The molecular weight excluding hydrogens is 460 g/mol. The molecule has 2 amide bonds. The zero-order valence-corrected chi connectivity index (χ0v) is 18.6. The van der Waals surface area contributed by atoms with Gasteiger partial charge in [-0.1, -0.05) is 18.2 Å². The Balaban J connectivity index is 1.50. The average Bonchev–Trinajstić information content (AvgIpc) is 3.37. The number of anilines is 1. The first-order valence-electron chi connectivity index (χ1n) is 9.89. The molecule has 0 aliphatic carbocycles. The predicted molar refractivity (Wildman–Crippen MR) is 122 cm³/mol. The number of amides is 2. The van der Waals surface area contributed by atoms with Crippen molar-refractivity contribution in [3.8, 4) is 0 Å². The Morgan fingerprint density at radius 2 is 1.90 bits per heavy atom. The first-order chi connectivity index (χ1) is 15.0. The minimum absolute atomic E-state index is 0.175. The van der Waals surface area contributed by atoms with Gasteiger partial charge in [-0.3, -0.25) is 9.59 Å². The van der Waals surface area contributed by atoms with Gasteiger partial charge in [0.05, 0.1) is 17.1 Å². The molecule has 0 fully saturated rings. The standard InChI is InChI=1S/C23H21BrN4O3/c1-3-28-18-10-5-4-9-17(18)27-21(28)14(2)25-22(29)15-7-6-8-16(13-15)26-23(30)19-11-12-20(24)31-19/h4-14H,3H2,1-2H3,(H,25,29)(H,26,30). The van der Waals surface area contributed by atoms with Gasteiger partial charge in [0, 0.05) is 17.8 Å². The van der Waals surface area contributed by atoms with E-state index < -0.39 is 5.91 Å². The molecule has 0 bridgehead atoms. The van der Waals surface area contributed by atoms with Crippen LogP contribution in [0.15, 0.2) is 69.8 Å². The Morgan fingerprint density at radius 1 is 1.10 bits per heavy atom. The van der Waals surface area contributed by atoms with Crippen LogP contribution >= 0.6 is 15.9 Å². The van der Waals surface area contributed by atoms with Crippen molar-refractivity contribution in [2.24, 2.45) is 0 Å². The molecule has 0 saturated heterocycles. The number of furan rings is 1. The van der Waals surface area contributed by atoms with Gasteiger partial charge in [-0.25, -0.2) is 4.98 Å². The number of carbonyl (C=O) groups excluding carboxylic acids is 2. The van der Waals surface area contributed by atoms with E-state index >= 15 is 0 Å². The van der Waals surface area contributed by atoms with E-state index in [4.69, 9.17) is 9.40 Å². The first kappa shape index (κ1) is 20.9. The highest BCUT2D eigenvalue weighted by Crippen LogP contribution is 2.22. The second-order valence-corrected chi connectivity index (χ2v) is 7.82. The van der Waals surface area contributed by atoms with Crippen molar-refractivity contribution in [3.05, 3.63) is 82.5 Å². The molecule has 0 radical (unpaired) electrons. The number of halogens is 1. The fraction of sp³-hybridized carbons (Fsp3) is 0.174. The van der Waals surface area contributed by atoms with Crippen LogP contribution in [0.25, 0.3) is 11.0 Å². The molecule has 158 valence electrons. The maximum Gasteiger partial charge on any atom is 0.291 e. The molecule has 8 heteroatoms. The van der Waals surface area contributed by atoms with Crippen LogP contribution in [0.5, 0.6) is 0 Å². The van der Waals surface area contributed by atoms with Crippen LogP contribution < -0.4 is 10.6 Å². The van der Waals surface area contributed by atoms with Crippen molar-refractivity contribution in [1.82, 2.24) is 14.9 Å². The smallest absolute Gasteiger partial charge is 0.291 e. The van der Waals surface area contributed by atoms with Gasteiger partial charge < -0.3 is 19.6 Å². The maximum absolute atomic E-state index is 12.9. The number of carbonyl (C=O) groups is 2. The average molecular weight is 481 g/mol. The summed E-state index contributed by atoms with van der Waals surface area (Å²) in [4.78, 5) is 29.9. The second-order valence-electron chi connectivity index (χ2n) is 7.04. The topological polar surface area (TPSA) is 89.2 Å². The van der Waals surface area contributed by atoms with Crippen molar-refractivity contribution in [1.29, 1.82) is 0 Å². The van der Waals surface area contributed by atoms with Gasteiger partial charge in [0.1, 0.15) is 5.82 Å². The van der Waals surface area contributed by atoms with Crippen LogP contribution in [0, 0.1) is 0 Å². The summed E-state index contributed by atoms with van der Waals surface area (Å²) in [5.74, 6) is 0.325. The predicted octanol–water partition coefficient (Wildman–Crippen LogP) is 5.16. The molecular formula is C23H21BrN4O3. The van der Waals surface area contributed by atoms with Gasteiger partial charge in [0.2, 0.25) is 0 Å². The third kappa shape index (κ3) is 4.39. The lowest BCUT2D eigenvalue weighted by Gasteiger charge is -2.16. The quantitative estimate of drug-likeness (QED) is 0.399. The number of aromatic nitrogens is 2. The molecule has 0 aliphatic heterocycles. The van der Waals surface area contributed by atoms with Gasteiger partial charge in [-0.05, 0) is 72.2 Å². The van der Waals surface area contributed by atoms with E-state index in [9.17, 15) is 9.59 Å². The molecule has 4 aromatic rings. The zero-order chi connectivity index (χ0) is 22.0. The van der Waals surface area contributed by atoms with E-state index in [0.717, 1.165) is 23.4 Å². The lowest BCUT2D eigenvalue weighted by Crippen LogP contribution is -2.28. The van der Waals surface area contributed by atoms with Gasteiger partial charge in [-0.2, -0.15) is 0 Å². The number of rotatable bonds is 6. The van der Waals surface area contributed by atoms with Crippen LogP contribution in [0.1, 0.15) is 46.6 Å². The van der Waals surface area contributed by atoms with Gasteiger partial charge in [0.15, 0.2) is 10.4 Å². The maximum atomic E-state index is 12.9.